The van der Waals surface area contributed by atoms with Crippen LogP contribution in [-0.4, -0.2) is 34.8 Å². The number of hydrogen-bond acceptors (Lipinski definition) is 3. The molecule has 0 aromatic heterocycles. The average molecular weight is 218 g/mol. The molecule has 0 heterocycles. The zero-order valence-electron chi connectivity index (χ0n) is 6.96. The molecule has 78 valence electrons. The van der Waals surface area contributed by atoms with Crippen molar-refractivity contribution in [1.82, 2.24) is 0 Å². The van der Waals surface area contributed by atoms with Crippen LogP contribution in [0.15, 0.2) is 4.36 Å². The number of alkyl halides is 3. The molecule has 1 amide bonds. The molecule has 2 N–H and O–H groups in total. The maximum absolute atomic E-state index is 11.8. The van der Waals surface area contributed by atoms with Gasteiger partial charge < -0.3 is 5.73 Å². The molecular formula is C5H9F3N2O2S. The van der Waals surface area contributed by atoms with E-state index in [9.17, 15) is 22.2 Å². The molecule has 8 heteroatoms. The van der Waals surface area contributed by atoms with Crippen molar-refractivity contribution in [1.29, 1.82) is 0 Å². The van der Waals surface area contributed by atoms with Gasteiger partial charge in [-0.2, -0.15) is 17.5 Å². The Balaban J connectivity index is 4.77. The predicted octanol–water partition coefficient (Wildman–Crippen LogP) is 0.130. The highest BCUT2D eigenvalue weighted by Gasteiger charge is 2.42. The van der Waals surface area contributed by atoms with Gasteiger partial charge in [-0.05, 0) is 0 Å². The minimum Gasteiger partial charge on any atom is -0.312 e. The Kier molecular flexibility index (Phi) is 3.45. The number of halogens is 3. The van der Waals surface area contributed by atoms with E-state index in [2.05, 4.69) is 10.1 Å². The quantitative estimate of drug-likeness (QED) is 0.680. The molecule has 0 aliphatic rings. The third-order valence-electron chi connectivity index (χ3n) is 0.929. The van der Waals surface area contributed by atoms with Crippen LogP contribution >= 0.6 is 0 Å². The van der Waals surface area contributed by atoms with Gasteiger partial charge in [0.2, 0.25) is 0 Å². The molecule has 4 nitrogen and oxygen atoms in total. The van der Waals surface area contributed by atoms with E-state index in [0.29, 0.717) is 0 Å². The largest absolute Gasteiger partial charge is 0.412 e. The Bertz CT molecular complexity index is 308. The van der Waals surface area contributed by atoms with Crippen molar-refractivity contribution in [3.05, 3.63) is 0 Å². The van der Waals surface area contributed by atoms with Gasteiger partial charge in [-0.25, -0.2) is 4.21 Å². The smallest absolute Gasteiger partial charge is 0.312 e. The number of carbonyl (C=O) groups excluding carboxylic acids is 1. The lowest BCUT2D eigenvalue weighted by atomic mass is 10.3. The van der Waals surface area contributed by atoms with E-state index in [-0.39, 0.29) is 0 Å². The fourth-order valence-electron chi connectivity index (χ4n) is 0.413. The molecule has 0 saturated heterocycles. The van der Waals surface area contributed by atoms with E-state index in [4.69, 9.17) is 0 Å². The number of nitrogens with zero attached hydrogens (tertiary/aromatic N) is 1. The summed E-state index contributed by atoms with van der Waals surface area (Å²) in [6.07, 6.45) is -2.74. The number of carbonyl (C=O) groups is 1. The van der Waals surface area contributed by atoms with Crippen LogP contribution in [0.1, 0.15) is 0 Å². The summed E-state index contributed by atoms with van der Waals surface area (Å²) >= 11 is 0. The molecule has 0 saturated carbocycles. The van der Waals surface area contributed by atoms with E-state index in [1.54, 1.807) is 0 Å². The van der Waals surface area contributed by atoms with Gasteiger partial charge in [0, 0.05) is 22.2 Å². The Labute approximate surface area is 73.5 Å². The van der Waals surface area contributed by atoms with Crippen LogP contribution in [0.3, 0.4) is 0 Å². The monoisotopic (exact) mass is 218 g/mol. The molecule has 0 bridgehead atoms. The second-order valence-corrected chi connectivity index (χ2v) is 5.18. The van der Waals surface area contributed by atoms with Crippen molar-refractivity contribution in [3.63, 3.8) is 0 Å². The lowest BCUT2D eigenvalue weighted by Gasteiger charge is -2.11. The molecule has 0 spiro atoms. The molecule has 0 aliphatic carbocycles. The number of amides is 1. The minimum absolute atomic E-state index is 1.05. The van der Waals surface area contributed by atoms with Crippen molar-refractivity contribution < 1.29 is 22.2 Å². The lowest BCUT2D eigenvalue weighted by Crippen LogP contribution is -2.43. The standard InChI is InChI=1S/C5H9F3N2O2S/c1-13(2,12)10-4(11)3(9)5(6,7)8/h3H,9H2,1-2H3. The lowest BCUT2D eigenvalue weighted by molar-refractivity contribution is -0.160. The molecule has 0 aliphatic heterocycles. The first kappa shape index (κ1) is 12.4. The molecular weight excluding hydrogens is 209 g/mol. The first-order chi connectivity index (χ1) is 5.54. The van der Waals surface area contributed by atoms with Gasteiger partial charge in [-0.15, -0.1) is 0 Å². The van der Waals surface area contributed by atoms with Crippen LogP contribution in [-0.2, 0) is 14.5 Å². The highest BCUT2D eigenvalue weighted by Crippen LogP contribution is 2.19. The zero-order valence-corrected chi connectivity index (χ0v) is 7.78. The fraction of sp³-hybridized carbons (Fsp3) is 0.800. The van der Waals surface area contributed by atoms with Crippen molar-refractivity contribution in [2.75, 3.05) is 12.5 Å². The second kappa shape index (κ2) is 3.62. The summed E-state index contributed by atoms with van der Waals surface area (Å²) in [5.74, 6) is -1.61. The number of hydrogen-bond donors (Lipinski definition) is 1. The summed E-state index contributed by atoms with van der Waals surface area (Å²) in [5.41, 5.74) is 4.51. The molecule has 1 unspecified atom stereocenters. The topological polar surface area (TPSA) is 72.5 Å². The van der Waals surface area contributed by atoms with Crippen molar-refractivity contribution >= 4 is 15.6 Å². The van der Waals surface area contributed by atoms with Crippen LogP contribution in [0, 0.1) is 0 Å². The average Bonchev–Trinajstić information content (AvgIpc) is 1.79. The summed E-state index contributed by atoms with van der Waals surface area (Å²) in [6.45, 7) is 0. The van der Waals surface area contributed by atoms with Gasteiger partial charge in [-0.3, -0.25) is 4.79 Å². The highest BCUT2D eigenvalue weighted by molar-refractivity contribution is 7.92. The van der Waals surface area contributed by atoms with Crippen LogP contribution in [0.5, 0.6) is 0 Å². The fourth-order valence-corrected chi connectivity index (χ4v) is 0.960. The summed E-state index contributed by atoms with van der Waals surface area (Å²) in [4.78, 5) is 10.6. The normalized spacial score (nSPS) is 15.2. The first-order valence-corrected chi connectivity index (χ1v) is 5.40. The van der Waals surface area contributed by atoms with E-state index < -0.39 is 27.9 Å². The number of rotatable bonds is 1. The minimum atomic E-state index is -4.84. The van der Waals surface area contributed by atoms with Gasteiger partial charge >= 0.3 is 6.18 Å². The van der Waals surface area contributed by atoms with E-state index >= 15 is 0 Å². The Morgan fingerprint density at radius 1 is 1.46 bits per heavy atom. The maximum atomic E-state index is 11.8. The Morgan fingerprint density at radius 3 is 2.08 bits per heavy atom. The van der Waals surface area contributed by atoms with Gasteiger partial charge in [0.05, 0.1) is 0 Å². The Morgan fingerprint density at radius 2 is 1.85 bits per heavy atom. The molecule has 13 heavy (non-hydrogen) atoms. The molecule has 0 fully saturated rings. The molecule has 0 aromatic rings. The van der Waals surface area contributed by atoms with Gasteiger partial charge in [0.15, 0.2) is 6.04 Å². The van der Waals surface area contributed by atoms with Crippen molar-refractivity contribution in [2.45, 2.75) is 12.2 Å². The molecule has 0 aromatic carbocycles. The van der Waals surface area contributed by atoms with Crippen LogP contribution in [0.25, 0.3) is 0 Å². The van der Waals surface area contributed by atoms with Crippen LogP contribution < -0.4 is 5.73 Å². The first-order valence-electron chi connectivity index (χ1n) is 3.07. The Hall–Kier alpha value is -0.630. The van der Waals surface area contributed by atoms with Gasteiger partial charge in [-0.1, -0.05) is 0 Å². The summed E-state index contributed by atoms with van der Waals surface area (Å²) < 4.78 is 49.0. The zero-order chi connectivity index (χ0) is 10.9. The van der Waals surface area contributed by atoms with E-state index in [1.807, 2.05) is 0 Å². The molecule has 0 radical (unpaired) electrons. The third-order valence-corrected chi connectivity index (χ3v) is 1.55. The molecule has 1 atom stereocenters. The summed E-state index contributed by atoms with van der Waals surface area (Å²) in [6, 6.07) is -2.69. The predicted molar refractivity (Wildman–Crippen MR) is 41.5 cm³/mol. The maximum Gasteiger partial charge on any atom is 0.412 e. The third kappa shape index (κ3) is 4.83. The van der Waals surface area contributed by atoms with E-state index in [1.165, 1.54) is 0 Å². The van der Waals surface area contributed by atoms with Crippen molar-refractivity contribution in [3.8, 4) is 0 Å². The number of nitrogens with two attached hydrogens (primary N) is 1. The van der Waals surface area contributed by atoms with Crippen LogP contribution in [0.2, 0.25) is 0 Å². The SMILES string of the molecule is CS(C)(=O)=NC(=O)C(N)C(F)(F)F. The summed E-state index contributed by atoms with van der Waals surface area (Å²) in [7, 11) is -2.88. The highest BCUT2D eigenvalue weighted by atomic mass is 32.2. The second-order valence-electron chi connectivity index (χ2n) is 2.63. The molecule has 0 rings (SSSR count). The van der Waals surface area contributed by atoms with Gasteiger partial charge in [0.1, 0.15) is 0 Å². The van der Waals surface area contributed by atoms with Crippen LogP contribution in [0.4, 0.5) is 13.2 Å². The summed E-state index contributed by atoms with van der Waals surface area (Å²) in [5, 5.41) is 0. The van der Waals surface area contributed by atoms with Gasteiger partial charge in [0.25, 0.3) is 5.91 Å². The van der Waals surface area contributed by atoms with Crippen molar-refractivity contribution in [2.24, 2.45) is 10.1 Å². The van der Waals surface area contributed by atoms with E-state index in [0.717, 1.165) is 12.5 Å².